The molecule has 0 aromatic carbocycles. The molecule has 6 heteroatoms. The largest absolute Gasteiger partial charge is 0.382 e. The first-order valence-electron chi connectivity index (χ1n) is 5.19. The van der Waals surface area contributed by atoms with Crippen molar-refractivity contribution in [3.8, 4) is 5.82 Å². The van der Waals surface area contributed by atoms with Gasteiger partial charge in [-0.25, -0.2) is 14.6 Å². The molecule has 3 rings (SSSR count). The standard InChI is InChI=1S/C11H11N5S/c1-6-7(2)17-11-9(6)10(13-5-14-11)16-4-3-8(12)15-16/h3-5H,1-2H3,(H2,12,15). The second-order valence-electron chi connectivity index (χ2n) is 3.85. The van der Waals surface area contributed by atoms with Gasteiger partial charge in [0.15, 0.2) is 5.82 Å². The van der Waals surface area contributed by atoms with Crippen molar-refractivity contribution >= 4 is 27.4 Å². The van der Waals surface area contributed by atoms with Crippen molar-refractivity contribution in [2.75, 3.05) is 5.73 Å². The van der Waals surface area contributed by atoms with E-state index in [1.54, 1.807) is 28.4 Å². The summed E-state index contributed by atoms with van der Waals surface area (Å²) >= 11 is 1.67. The van der Waals surface area contributed by atoms with Crippen LogP contribution in [0.2, 0.25) is 0 Å². The highest BCUT2D eigenvalue weighted by Crippen LogP contribution is 2.31. The lowest BCUT2D eigenvalue weighted by atomic mass is 10.2. The number of nitrogen functional groups attached to an aromatic ring is 1. The molecule has 0 spiro atoms. The summed E-state index contributed by atoms with van der Waals surface area (Å²) in [6.45, 7) is 4.16. The number of nitrogens with two attached hydrogens (primary N) is 1. The Kier molecular flexibility index (Phi) is 2.12. The van der Waals surface area contributed by atoms with Gasteiger partial charge in [0.25, 0.3) is 0 Å². The molecule has 3 aromatic heterocycles. The zero-order chi connectivity index (χ0) is 12.0. The Balaban J connectivity index is 2.36. The summed E-state index contributed by atoms with van der Waals surface area (Å²) in [7, 11) is 0. The van der Waals surface area contributed by atoms with Gasteiger partial charge in [0, 0.05) is 17.1 Å². The summed E-state index contributed by atoms with van der Waals surface area (Å²) < 4.78 is 1.69. The first kappa shape index (κ1) is 10.2. The van der Waals surface area contributed by atoms with Crippen LogP contribution in [-0.4, -0.2) is 19.7 Å². The van der Waals surface area contributed by atoms with Gasteiger partial charge in [-0.3, -0.25) is 0 Å². The van der Waals surface area contributed by atoms with E-state index in [2.05, 4.69) is 28.9 Å². The van der Waals surface area contributed by atoms with Crippen LogP contribution < -0.4 is 5.73 Å². The zero-order valence-electron chi connectivity index (χ0n) is 9.51. The Morgan fingerprint density at radius 2 is 2.12 bits per heavy atom. The van der Waals surface area contributed by atoms with Gasteiger partial charge in [-0.2, -0.15) is 0 Å². The first-order valence-corrected chi connectivity index (χ1v) is 6.00. The van der Waals surface area contributed by atoms with E-state index in [-0.39, 0.29) is 0 Å². The second kappa shape index (κ2) is 3.53. The molecule has 0 aliphatic carbocycles. The smallest absolute Gasteiger partial charge is 0.165 e. The van der Waals surface area contributed by atoms with Gasteiger partial charge in [-0.15, -0.1) is 16.4 Å². The molecule has 0 saturated heterocycles. The highest BCUT2D eigenvalue weighted by atomic mass is 32.1. The van der Waals surface area contributed by atoms with Crippen molar-refractivity contribution in [2.24, 2.45) is 0 Å². The number of aromatic nitrogens is 4. The molecule has 0 amide bonds. The monoisotopic (exact) mass is 245 g/mol. The summed E-state index contributed by atoms with van der Waals surface area (Å²) in [6, 6.07) is 1.75. The van der Waals surface area contributed by atoms with Crippen molar-refractivity contribution in [2.45, 2.75) is 13.8 Å². The molecule has 0 unspecified atom stereocenters. The van der Waals surface area contributed by atoms with Crippen LogP contribution in [0.1, 0.15) is 10.4 Å². The van der Waals surface area contributed by atoms with Crippen LogP contribution >= 0.6 is 11.3 Å². The van der Waals surface area contributed by atoms with Crippen molar-refractivity contribution in [1.29, 1.82) is 0 Å². The van der Waals surface area contributed by atoms with Gasteiger partial charge < -0.3 is 5.73 Å². The molecule has 0 atom stereocenters. The van der Waals surface area contributed by atoms with Crippen LogP contribution in [0.3, 0.4) is 0 Å². The molecule has 17 heavy (non-hydrogen) atoms. The highest BCUT2D eigenvalue weighted by molar-refractivity contribution is 7.18. The Morgan fingerprint density at radius 1 is 1.29 bits per heavy atom. The molecule has 3 heterocycles. The number of nitrogens with zero attached hydrogens (tertiary/aromatic N) is 4. The minimum Gasteiger partial charge on any atom is -0.382 e. The number of rotatable bonds is 1. The lowest BCUT2D eigenvalue weighted by Gasteiger charge is -2.02. The number of anilines is 1. The van der Waals surface area contributed by atoms with Crippen LogP contribution in [0.15, 0.2) is 18.6 Å². The fraction of sp³-hybridized carbons (Fsp3) is 0.182. The topological polar surface area (TPSA) is 69.6 Å². The molecular weight excluding hydrogens is 234 g/mol. The predicted molar refractivity (Wildman–Crippen MR) is 68.4 cm³/mol. The molecule has 86 valence electrons. The van der Waals surface area contributed by atoms with Gasteiger partial charge in [0.05, 0.1) is 5.39 Å². The lowest BCUT2D eigenvalue weighted by molar-refractivity contribution is 0.855. The summed E-state index contributed by atoms with van der Waals surface area (Å²) in [4.78, 5) is 10.8. The van der Waals surface area contributed by atoms with E-state index in [0.717, 1.165) is 16.0 Å². The van der Waals surface area contributed by atoms with E-state index in [9.17, 15) is 0 Å². The molecule has 2 N–H and O–H groups in total. The van der Waals surface area contributed by atoms with Crippen LogP contribution in [0, 0.1) is 13.8 Å². The Morgan fingerprint density at radius 3 is 2.82 bits per heavy atom. The predicted octanol–water partition coefficient (Wildman–Crippen LogP) is 2.08. The van der Waals surface area contributed by atoms with Gasteiger partial charge in [0.1, 0.15) is 17.0 Å². The number of hydrogen-bond donors (Lipinski definition) is 1. The van der Waals surface area contributed by atoms with Crippen LogP contribution in [0.5, 0.6) is 0 Å². The number of aryl methyl sites for hydroxylation is 2. The molecule has 0 bridgehead atoms. The highest BCUT2D eigenvalue weighted by Gasteiger charge is 2.13. The van der Waals surface area contributed by atoms with Crippen LogP contribution in [0.25, 0.3) is 16.0 Å². The van der Waals surface area contributed by atoms with Crippen molar-refractivity contribution in [3.63, 3.8) is 0 Å². The van der Waals surface area contributed by atoms with Crippen LogP contribution in [-0.2, 0) is 0 Å². The van der Waals surface area contributed by atoms with E-state index in [0.29, 0.717) is 5.82 Å². The summed E-state index contributed by atoms with van der Waals surface area (Å²) in [5.41, 5.74) is 6.83. The van der Waals surface area contributed by atoms with E-state index >= 15 is 0 Å². The first-order chi connectivity index (χ1) is 8.16. The van der Waals surface area contributed by atoms with E-state index in [4.69, 9.17) is 5.73 Å². The van der Waals surface area contributed by atoms with E-state index in [1.807, 2.05) is 6.20 Å². The quantitative estimate of drug-likeness (QED) is 0.712. The molecule has 0 aliphatic heterocycles. The van der Waals surface area contributed by atoms with E-state index < -0.39 is 0 Å². The number of hydrogen-bond acceptors (Lipinski definition) is 5. The molecule has 0 saturated carbocycles. The van der Waals surface area contributed by atoms with Crippen LogP contribution in [0.4, 0.5) is 5.82 Å². The molecule has 0 fully saturated rings. The minimum atomic E-state index is 0.487. The molecule has 0 aliphatic rings. The average Bonchev–Trinajstić information content (AvgIpc) is 2.85. The zero-order valence-corrected chi connectivity index (χ0v) is 10.3. The minimum absolute atomic E-state index is 0.487. The SMILES string of the molecule is Cc1sc2ncnc(-n3ccc(N)n3)c2c1C. The number of fused-ring (bicyclic) bond motifs is 1. The Labute approximate surface area is 102 Å². The fourth-order valence-corrected chi connectivity index (χ4v) is 2.78. The normalized spacial score (nSPS) is 11.2. The third-order valence-corrected chi connectivity index (χ3v) is 3.89. The molecular formula is C11H11N5S. The van der Waals surface area contributed by atoms with Crippen molar-refractivity contribution in [1.82, 2.24) is 19.7 Å². The number of thiophene rings is 1. The third kappa shape index (κ3) is 1.49. The van der Waals surface area contributed by atoms with Gasteiger partial charge in [-0.05, 0) is 19.4 Å². The maximum atomic E-state index is 5.63. The van der Waals surface area contributed by atoms with E-state index in [1.165, 1.54) is 10.4 Å². The summed E-state index contributed by atoms with van der Waals surface area (Å²) in [6.07, 6.45) is 3.37. The molecule has 3 aromatic rings. The fourth-order valence-electron chi connectivity index (χ4n) is 1.79. The van der Waals surface area contributed by atoms with Gasteiger partial charge in [0.2, 0.25) is 0 Å². The second-order valence-corrected chi connectivity index (χ2v) is 5.05. The van der Waals surface area contributed by atoms with Crippen molar-refractivity contribution < 1.29 is 0 Å². The van der Waals surface area contributed by atoms with Gasteiger partial charge in [-0.1, -0.05) is 0 Å². The Bertz CT molecular complexity index is 697. The maximum Gasteiger partial charge on any atom is 0.165 e. The Hall–Kier alpha value is -1.95. The summed E-state index contributed by atoms with van der Waals surface area (Å²) in [5, 5.41) is 5.24. The average molecular weight is 245 g/mol. The lowest BCUT2D eigenvalue weighted by Crippen LogP contribution is -2.00. The van der Waals surface area contributed by atoms with Gasteiger partial charge >= 0.3 is 0 Å². The van der Waals surface area contributed by atoms with Crippen molar-refractivity contribution in [3.05, 3.63) is 29.0 Å². The molecule has 5 nitrogen and oxygen atoms in total. The molecule has 0 radical (unpaired) electrons. The third-order valence-electron chi connectivity index (χ3n) is 2.77. The maximum absolute atomic E-state index is 5.63. The summed E-state index contributed by atoms with van der Waals surface area (Å²) in [5.74, 6) is 1.27.